The van der Waals surface area contributed by atoms with Crippen molar-refractivity contribution in [3.8, 4) is 0 Å². The van der Waals surface area contributed by atoms with Gasteiger partial charge in [-0.25, -0.2) is 4.79 Å². The molecule has 8 heteroatoms. The number of tetrazole rings is 1. The number of ketones is 1. The number of hydrogen-bond acceptors (Lipinski definition) is 7. The molecule has 1 aliphatic heterocycles. The molecule has 0 radical (unpaired) electrons. The van der Waals surface area contributed by atoms with Crippen molar-refractivity contribution in [2.75, 3.05) is 12.4 Å². The summed E-state index contributed by atoms with van der Waals surface area (Å²) in [4.78, 5) is 25.8. The van der Waals surface area contributed by atoms with Crippen LogP contribution >= 0.6 is 0 Å². The lowest BCUT2D eigenvalue weighted by atomic mass is 9.89. The molecule has 0 aliphatic carbocycles. The van der Waals surface area contributed by atoms with Crippen LogP contribution in [0.5, 0.6) is 0 Å². The fourth-order valence-electron chi connectivity index (χ4n) is 3.08. The van der Waals surface area contributed by atoms with Crippen LogP contribution in [0, 0.1) is 0 Å². The van der Waals surface area contributed by atoms with Crippen molar-refractivity contribution in [1.29, 1.82) is 0 Å². The van der Waals surface area contributed by atoms with Gasteiger partial charge in [-0.2, -0.15) is 4.68 Å². The van der Waals surface area contributed by atoms with Crippen LogP contribution < -0.4 is 5.32 Å². The van der Waals surface area contributed by atoms with Gasteiger partial charge < -0.3 is 10.1 Å². The van der Waals surface area contributed by atoms with Crippen LogP contribution in [-0.2, 0) is 9.53 Å². The number of esters is 1. The first kappa shape index (κ1) is 16.6. The third-order valence-electron chi connectivity index (χ3n) is 4.30. The SMILES string of the molecule is COC(=O)C1=C(C(=O)c2ccccc2)[C@@H](c2ccccc2)n2nnnc2N1. The minimum Gasteiger partial charge on any atom is -0.464 e. The Hall–Kier alpha value is -3.81. The standard InChI is InChI=1S/C19H15N5O3/c1-27-18(26)15-14(17(25)13-10-6-3-7-11-13)16(12-8-4-2-5-9-12)24-19(20-15)21-22-23-24/h2-11,16H,1H3,(H,20,21,23)/t16-/m1/s1. The zero-order valence-corrected chi connectivity index (χ0v) is 14.4. The number of anilines is 1. The fraction of sp³-hybridized carbons (Fsp3) is 0.105. The molecule has 1 N–H and O–H groups in total. The average molecular weight is 361 g/mol. The van der Waals surface area contributed by atoms with Crippen LogP contribution in [0.25, 0.3) is 0 Å². The molecule has 0 fully saturated rings. The molecular formula is C19H15N5O3. The molecule has 3 aromatic rings. The van der Waals surface area contributed by atoms with Crippen molar-refractivity contribution in [2.24, 2.45) is 0 Å². The van der Waals surface area contributed by atoms with E-state index in [9.17, 15) is 9.59 Å². The number of hydrogen-bond donors (Lipinski definition) is 1. The summed E-state index contributed by atoms with van der Waals surface area (Å²) >= 11 is 0. The summed E-state index contributed by atoms with van der Waals surface area (Å²) in [5.41, 5.74) is 1.47. The number of nitrogens with zero attached hydrogens (tertiary/aromatic N) is 4. The van der Waals surface area contributed by atoms with Gasteiger partial charge in [0, 0.05) is 5.56 Å². The molecule has 8 nitrogen and oxygen atoms in total. The van der Waals surface area contributed by atoms with Crippen molar-refractivity contribution in [3.05, 3.63) is 83.1 Å². The van der Waals surface area contributed by atoms with E-state index < -0.39 is 12.0 Å². The molecule has 1 aromatic heterocycles. The van der Waals surface area contributed by atoms with Crippen molar-refractivity contribution in [2.45, 2.75) is 6.04 Å². The number of Topliss-reactive ketones (excluding diaryl/α,β-unsaturated/α-hetero) is 1. The van der Waals surface area contributed by atoms with E-state index in [0.29, 0.717) is 5.56 Å². The number of allylic oxidation sites excluding steroid dienone is 1. The second-order valence-corrected chi connectivity index (χ2v) is 5.86. The fourth-order valence-corrected chi connectivity index (χ4v) is 3.08. The number of carbonyl (C=O) groups is 2. The Kier molecular flexibility index (Phi) is 4.21. The highest BCUT2D eigenvalue weighted by Gasteiger charge is 2.38. The predicted molar refractivity (Wildman–Crippen MR) is 95.8 cm³/mol. The summed E-state index contributed by atoms with van der Waals surface area (Å²) in [5, 5.41) is 14.4. The van der Waals surface area contributed by atoms with Gasteiger partial charge >= 0.3 is 5.97 Å². The number of ether oxygens (including phenoxy) is 1. The average Bonchev–Trinajstić information content (AvgIpc) is 3.21. The van der Waals surface area contributed by atoms with Crippen LogP contribution in [0.2, 0.25) is 0 Å². The number of nitrogens with one attached hydrogen (secondary N) is 1. The summed E-state index contributed by atoms with van der Waals surface area (Å²) in [6, 6.07) is 17.4. The minimum absolute atomic E-state index is 0.0301. The van der Waals surface area contributed by atoms with Crippen molar-refractivity contribution in [3.63, 3.8) is 0 Å². The van der Waals surface area contributed by atoms with Gasteiger partial charge in [0.1, 0.15) is 11.7 Å². The van der Waals surface area contributed by atoms with E-state index in [2.05, 4.69) is 20.8 Å². The van der Waals surface area contributed by atoms with Crippen molar-refractivity contribution >= 4 is 17.7 Å². The lowest BCUT2D eigenvalue weighted by Gasteiger charge is -2.28. The number of methoxy groups -OCH3 is 1. The van der Waals surface area contributed by atoms with Crippen LogP contribution in [0.3, 0.4) is 0 Å². The normalized spacial score (nSPS) is 15.7. The Morgan fingerprint density at radius 3 is 2.37 bits per heavy atom. The number of rotatable bonds is 4. The quantitative estimate of drug-likeness (QED) is 0.560. The minimum atomic E-state index is -0.667. The van der Waals surface area contributed by atoms with Crippen LogP contribution in [0.4, 0.5) is 5.95 Å². The van der Waals surface area contributed by atoms with Gasteiger partial charge in [0.05, 0.1) is 12.7 Å². The van der Waals surface area contributed by atoms with Gasteiger partial charge in [0.15, 0.2) is 5.78 Å². The summed E-state index contributed by atoms with van der Waals surface area (Å²) in [6.07, 6.45) is 0. The molecule has 134 valence electrons. The first-order valence-corrected chi connectivity index (χ1v) is 8.22. The molecular weight excluding hydrogens is 346 g/mol. The number of aromatic nitrogens is 4. The predicted octanol–water partition coefficient (Wildman–Crippen LogP) is 2.00. The van der Waals surface area contributed by atoms with Crippen LogP contribution in [-0.4, -0.2) is 39.1 Å². The Labute approximate surface area is 154 Å². The summed E-state index contributed by atoms with van der Waals surface area (Å²) < 4.78 is 6.38. The molecule has 0 unspecified atom stereocenters. The number of benzene rings is 2. The maximum absolute atomic E-state index is 13.4. The molecule has 2 heterocycles. The maximum atomic E-state index is 13.4. The molecule has 2 aromatic carbocycles. The zero-order valence-electron chi connectivity index (χ0n) is 14.4. The molecule has 0 amide bonds. The van der Waals surface area contributed by atoms with E-state index in [4.69, 9.17) is 4.74 Å². The van der Waals surface area contributed by atoms with Gasteiger partial charge in [-0.3, -0.25) is 4.79 Å². The molecule has 1 atom stereocenters. The second kappa shape index (κ2) is 6.83. The third kappa shape index (κ3) is 2.86. The first-order chi connectivity index (χ1) is 13.2. The summed E-state index contributed by atoms with van der Waals surface area (Å²) in [5.74, 6) is -0.711. The van der Waals surface area contributed by atoms with Crippen LogP contribution in [0.15, 0.2) is 71.9 Å². The van der Waals surface area contributed by atoms with Crippen molar-refractivity contribution < 1.29 is 14.3 Å². The summed E-state index contributed by atoms with van der Waals surface area (Å²) in [7, 11) is 1.26. The van der Waals surface area contributed by atoms with E-state index in [-0.39, 0.29) is 23.0 Å². The first-order valence-electron chi connectivity index (χ1n) is 8.22. The molecule has 0 saturated heterocycles. The smallest absolute Gasteiger partial charge is 0.355 e. The van der Waals surface area contributed by atoms with E-state index in [1.165, 1.54) is 11.8 Å². The molecule has 4 rings (SSSR count). The highest BCUT2D eigenvalue weighted by molar-refractivity contribution is 6.14. The Morgan fingerprint density at radius 1 is 1.04 bits per heavy atom. The lowest BCUT2D eigenvalue weighted by Crippen LogP contribution is -2.32. The molecule has 0 spiro atoms. The molecule has 1 aliphatic rings. The maximum Gasteiger partial charge on any atom is 0.355 e. The van der Waals surface area contributed by atoms with Crippen LogP contribution in [0.1, 0.15) is 22.0 Å². The molecule has 27 heavy (non-hydrogen) atoms. The highest BCUT2D eigenvalue weighted by Crippen LogP contribution is 2.36. The van der Waals surface area contributed by atoms with Gasteiger partial charge in [0.2, 0.25) is 5.95 Å². The number of carbonyl (C=O) groups excluding carboxylic acids is 2. The lowest BCUT2D eigenvalue weighted by molar-refractivity contribution is -0.136. The summed E-state index contributed by atoms with van der Waals surface area (Å²) in [6.45, 7) is 0. The van der Waals surface area contributed by atoms with E-state index >= 15 is 0 Å². The highest BCUT2D eigenvalue weighted by atomic mass is 16.5. The molecule has 0 saturated carbocycles. The number of fused-ring (bicyclic) bond motifs is 1. The van der Waals surface area contributed by atoms with Gasteiger partial charge in [-0.15, -0.1) is 0 Å². The Balaban J connectivity index is 1.96. The largest absolute Gasteiger partial charge is 0.464 e. The van der Waals surface area contributed by atoms with Gasteiger partial charge in [-0.05, 0) is 16.0 Å². The zero-order chi connectivity index (χ0) is 18.8. The van der Waals surface area contributed by atoms with E-state index in [1.54, 1.807) is 24.3 Å². The Morgan fingerprint density at radius 2 is 1.70 bits per heavy atom. The molecule has 0 bridgehead atoms. The monoisotopic (exact) mass is 361 g/mol. The topological polar surface area (TPSA) is 99.0 Å². The van der Waals surface area contributed by atoms with E-state index in [1.807, 2.05) is 36.4 Å². The second-order valence-electron chi connectivity index (χ2n) is 5.86. The Bertz CT molecular complexity index is 1030. The van der Waals surface area contributed by atoms with E-state index in [0.717, 1.165) is 5.56 Å². The van der Waals surface area contributed by atoms with Crippen molar-refractivity contribution in [1.82, 2.24) is 20.2 Å². The van der Waals surface area contributed by atoms with Gasteiger partial charge in [0.25, 0.3) is 0 Å². The third-order valence-corrected chi connectivity index (χ3v) is 4.30. The van der Waals surface area contributed by atoms with Gasteiger partial charge in [-0.1, -0.05) is 65.8 Å².